The Morgan fingerprint density at radius 2 is 2.00 bits per heavy atom. The van der Waals surface area contributed by atoms with Crippen molar-refractivity contribution in [2.24, 2.45) is 0 Å². The van der Waals surface area contributed by atoms with E-state index in [-0.39, 0.29) is 11.6 Å². The van der Waals surface area contributed by atoms with Crippen molar-refractivity contribution >= 4 is 15.9 Å². The summed E-state index contributed by atoms with van der Waals surface area (Å²) in [5, 5.41) is 3.52. The minimum Gasteiger partial charge on any atom is -0.488 e. The molecular formula is C16H26BrNO. The molecule has 0 heterocycles. The van der Waals surface area contributed by atoms with Crippen LogP contribution in [0.3, 0.4) is 0 Å². The Labute approximate surface area is 126 Å². The molecule has 108 valence electrons. The summed E-state index contributed by atoms with van der Waals surface area (Å²) in [4.78, 5) is 0. The van der Waals surface area contributed by atoms with E-state index in [1.165, 1.54) is 5.56 Å². The molecule has 19 heavy (non-hydrogen) atoms. The van der Waals surface area contributed by atoms with Gasteiger partial charge in [0.1, 0.15) is 11.9 Å². The largest absolute Gasteiger partial charge is 0.488 e. The maximum Gasteiger partial charge on any atom is 0.133 e. The maximum absolute atomic E-state index is 6.13. The van der Waals surface area contributed by atoms with Crippen molar-refractivity contribution in [3.8, 4) is 5.75 Å². The molecule has 0 aliphatic rings. The second-order valence-electron chi connectivity index (χ2n) is 6.09. The molecule has 0 spiro atoms. The molecule has 1 N–H and O–H groups in total. The van der Waals surface area contributed by atoms with Crippen LogP contribution in [0.2, 0.25) is 0 Å². The van der Waals surface area contributed by atoms with Gasteiger partial charge in [-0.3, -0.25) is 0 Å². The third-order valence-electron chi connectivity index (χ3n) is 2.85. The van der Waals surface area contributed by atoms with Gasteiger partial charge in [-0.1, -0.05) is 19.4 Å². The number of benzene rings is 1. The van der Waals surface area contributed by atoms with Gasteiger partial charge in [-0.15, -0.1) is 0 Å². The number of hydrogen-bond donors (Lipinski definition) is 1. The molecule has 0 saturated heterocycles. The van der Waals surface area contributed by atoms with Crippen molar-refractivity contribution in [1.82, 2.24) is 5.32 Å². The van der Waals surface area contributed by atoms with Gasteiger partial charge in [-0.25, -0.2) is 0 Å². The minimum atomic E-state index is 0.125. The third-order valence-corrected chi connectivity index (χ3v) is 3.47. The fourth-order valence-corrected chi connectivity index (χ4v) is 2.41. The summed E-state index contributed by atoms with van der Waals surface area (Å²) < 4.78 is 7.16. The lowest BCUT2D eigenvalue weighted by molar-refractivity contribution is 0.174. The van der Waals surface area contributed by atoms with Gasteiger partial charge in [-0.2, -0.15) is 0 Å². The molecule has 2 nitrogen and oxygen atoms in total. The fourth-order valence-electron chi connectivity index (χ4n) is 1.83. The average molecular weight is 328 g/mol. The van der Waals surface area contributed by atoms with Gasteiger partial charge in [0.15, 0.2) is 0 Å². The smallest absolute Gasteiger partial charge is 0.133 e. The van der Waals surface area contributed by atoms with Crippen LogP contribution in [0, 0.1) is 6.92 Å². The van der Waals surface area contributed by atoms with Gasteiger partial charge in [0.25, 0.3) is 0 Å². The second-order valence-corrected chi connectivity index (χ2v) is 6.95. The summed E-state index contributed by atoms with van der Waals surface area (Å²) in [6, 6.07) is 6.22. The van der Waals surface area contributed by atoms with E-state index in [1.807, 2.05) is 6.07 Å². The van der Waals surface area contributed by atoms with E-state index < -0.39 is 0 Å². The molecule has 0 amide bonds. The van der Waals surface area contributed by atoms with Crippen LogP contribution in [-0.2, 0) is 0 Å². The first kappa shape index (κ1) is 16.5. The van der Waals surface area contributed by atoms with Crippen molar-refractivity contribution in [1.29, 1.82) is 0 Å². The summed E-state index contributed by atoms with van der Waals surface area (Å²) in [5.74, 6) is 0.930. The SMILES string of the molecule is CCCC(CNC(C)(C)C)Oc1ccc(C)cc1Br. The van der Waals surface area contributed by atoms with Crippen molar-refractivity contribution in [2.75, 3.05) is 6.54 Å². The van der Waals surface area contributed by atoms with Crippen LogP contribution in [0.4, 0.5) is 0 Å². The first-order valence-electron chi connectivity index (χ1n) is 6.99. The molecule has 1 aromatic carbocycles. The summed E-state index contributed by atoms with van der Waals surface area (Å²) in [7, 11) is 0. The Morgan fingerprint density at radius 3 is 2.53 bits per heavy atom. The first-order chi connectivity index (χ1) is 8.81. The summed E-state index contributed by atoms with van der Waals surface area (Å²) in [6.07, 6.45) is 2.40. The predicted octanol–water partition coefficient (Wildman–Crippen LogP) is 4.69. The topological polar surface area (TPSA) is 21.3 Å². The first-order valence-corrected chi connectivity index (χ1v) is 7.79. The van der Waals surface area contributed by atoms with Crippen LogP contribution in [0.25, 0.3) is 0 Å². The van der Waals surface area contributed by atoms with Crippen LogP contribution in [-0.4, -0.2) is 18.2 Å². The highest BCUT2D eigenvalue weighted by Crippen LogP contribution is 2.27. The quantitative estimate of drug-likeness (QED) is 0.818. The highest BCUT2D eigenvalue weighted by atomic mass is 79.9. The summed E-state index contributed by atoms with van der Waals surface area (Å²) >= 11 is 3.57. The van der Waals surface area contributed by atoms with Crippen LogP contribution < -0.4 is 10.1 Å². The molecule has 0 bridgehead atoms. The number of ether oxygens (including phenoxy) is 1. The molecule has 0 aliphatic carbocycles. The highest BCUT2D eigenvalue weighted by molar-refractivity contribution is 9.10. The zero-order valence-electron chi connectivity index (χ0n) is 12.7. The molecule has 0 fully saturated rings. The Morgan fingerprint density at radius 1 is 1.32 bits per heavy atom. The number of halogens is 1. The van der Waals surface area contributed by atoms with Gasteiger partial charge in [-0.05, 0) is 67.7 Å². The van der Waals surface area contributed by atoms with Crippen LogP contribution in [0.1, 0.15) is 46.1 Å². The minimum absolute atomic E-state index is 0.125. The lowest BCUT2D eigenvalue weighted by Gasteiger charge is -2.26. The van der Waals surface area contributed by atoms with Gasteiger partial charge >= 0.3 is 0 Å². The molecule has 0 radical (unpaired) electrons. The molecule has 1 aromatic rings. The van der Waals surface area contributed by atoms with Gasteiger partial charge in [0.05, 0.1) is 4.47 Å². The molecule has 1 unspecified atom stereocenters. The van der Waals surface area contributed by atoms with Crippen LogP contribution >= 0.6 is 15.9 Å². The second kappa shape index (κ2) is 7.30. The van der Waals surface area contributed by atoms with Crippen molar-refractivity contribution in [2.45, 2.75) is 59.1 Å². The molecule has 1 rings (SSSR count). The number of hydrogen-bond acceptors (Lipinski definition) is 2. The van der Waals surface area contributed by atoms with Gasteiger partial charge < -0.3 is 10.1 Å². The molecular weight excluding hydrogens is 302 g/mol. The lowest BCUT2D eigenvalue weighted by atomic mass is 10.1. The predicted molar refractivity (Wildman–Crippen MR) is 86.0 cm³/mol. The van der Waals surface area contributed by atoms with E-state index >= 15 is 0 Å². The number of nitrogens with one attached hydrogen (secondary N) is 1. The normalized spacial score (nSPS) is 13.4. The lowest BCUT2D eigenvalue weighted by Crippen LogP contribution is -2.42. The van der Waals surface area contributed by atoms with E-state index in [0.29, 0.717) is 0 Å². The number of aryl methyl sites for hydroxylation is 1. The fraction of sp³-hybridized carbons (Fsp3) is 0.625. The Hall–Kier alpha value is -0.540. The molecule has 0 aliphatic heterocycles. The molecule has 0 saturated carbocycles. The monoisotopic (exact) mass is 327 g/mol. The van der Waals surface area contributed by atoms with Gasteiger partial charge in [0, 0.05) is 12.1 Å². The molecule has 0 aromatic heterocycles. The average Bonchev–Trinajstić information content (AvgIpc) is 2.28. The Balaban J connectivity index is 2.67. The van der Waals surface area contributed by atoms with E-state index in [0.717, 1.165) is 29.6 Å². The summed E-state index contributed by atoms with van der Waals surface area (Å²) in [6.45, 7) is 11.7. The Kier molecular flexibility index (Phi) is 6.34. The Bertz CT molecular complexity index is 398. The van der Waals surface area contributed by atoms with Crippen LogP contribution in [0.15, 0.2) is 22.7 Å². The maximum atomic E-state index is 6.13. The van der Waals surface area contributed by atoms with E-state index in [4.69, 9.17) is 4.74 Å². The van der Waals surface area contributed by atoms with Crippen LogP contribution in [0.5, 0.6) is 5.75 Å². The zero-order valence-corrected chi connectivity index (χ0v) is 14.3. The van der Waals surface area contributed by atoms with Gasteiger partial charge in [0.2, 0.25) is 0 Å². The third kappa shape index (κ3) is 6.44. The number of rotatable bonds is 6. The molecule has 3 heteroatoms. The standard InChI is InChI=1S/C16H26BrNO/c1-6-7-13(11-18-16(3,4)5)19-15-9-8-12(2)10-14(15)17/h8-10,13,18H,6-7,11H2,1-5H3. The zero-order chi connectivity index (χ0) is 14.5. The van der Waals surface area contributed by atoms with Crippen molar-refractivity contribution < 1.29 is 4.74 Å². The van der Waals surface area contributed by atoms with Crippen molar-refractivity contribution in [3.05, 3.63) is 28.2 Å². The van der Waals surface area contributed by atoms with E-state index in [2.05, 4.69) is 68.0 Å². The molecule has 1 atom stereocenters. The van der Waals surface area contributed by atoms with Crippen molar-refractivity contribution in [3.63, 3.8) is 0 Å². The summed E-state index contributed by atoms with van der Waals surface area (Å²) in [5.41, 5.74) is 1.36. The highest BCUT2D eigenvalue weighted by Gasteiger charge is 2.16. The van der Waals surface area contributed by atoms with E-state index in [9.17, 15) is 0 Å². The van der Waals surface area contributed by atoms with E-state index in [1.54, 1.807) is 0 Å².